The second-order valence-corrected chi connectivity index (χ2v) is 14.4. The zero-order valence-electron chi connectivity index (χ0n) is 16.1. The Bertz CT molecular complexity index is 1090. The standard InChI is InChI=1S/C23H25NSSi/c1-15(2)16-12-13-19(24-14-16)17-8-6-9-18-22-20(25-23(17)18)10-7-11-21(22)26(3,4)5/h6-15H,1-5H3. The molecule has 2 aromatic heterocycles. The molecule has 0 saturated carbocycles. The van der Waals surface area contributed by atoms with Crippen molar-refractivity contribution < 1.29 is 0 Å². The minimum Gasteiger partial charge on any atom is -0.256 e. The lowest BCUT2D eigenvalue weighted by Crippen LogP contribution is -2.37. The molecule has 1 nitrogen and oxygen atoms in total. The predicted molar refractivity (Wildman–Crippen MR) is 120 cm³/mol. The normalized spacial score (nSPS) is 12.4. The average Bonchev–Trinajstić information content (AvgIpc) is 2.99. The van der Waals surface area contributed by atoms with Crippen LogP contribution >= 0.6 is 11.3 Å². The van der Waals surface area contributed by atoms with Gasteiger partial charge in [0, 0.05) is 26.5 Å². The molecular weight excluding hydrogens is 350 g/mol. The summed E-state index contributed by atoms with van der Waals surface area (Å²) in [6, 6.07) is 17.9. The number of hydrogen-bond donors (Lipinski definition) is 0. The molecule has 2 aromatic carbocycles. The van der Waals surface area contributed by atoms with Crippen molar-refractivity contribution >= 4 is 44.8 Å². The van der Waals surface area contributed by atoms with E-state index in [2.05, 4.69) is 82.0 Å². The summed E-state index contributed by atoms with van der Waals surface area (Å²) in [4.78, 5) is 4.78. The zero-order valence-corrected chi connectivity index (χ0v) is 17.9. The Morgan fingerprint density at radius 1 is 0.923 bits per heavy atom. The third kappa shape index (κ3) is 2.89. The van der Waals surface area contributed by atoms with Gasteiger partial charge in [0.05, 0.1) is 13.8 Å². The van der Waals surface area contributed by atoms with Crippen molar-refractivity contribution in [1.29, 1.82) is 0 Å². The molecule has 3 heteroatoms. The Kier molecular flexibility index (Phi) is 4.24. The van der Waals surface area contributed by atoms with Crippen molar-refractivity contribution in [3.63, 3.8) is 0 Å². The van der Waals surface area contributed by atoms with Crippen LogP contribution in [0.4, 0.5) is 0 Å². The van der Waals surface area contributed by atoms with Crippen molar-refractivity contribution in [3.8, 4) is 11.3 Å². The molecule has 0 aliphatic rings. The van der Waals surface area contributed by atoms with Crippen molar-refractivity contribution in [3.05, 3.63) is 60.3 Å². The molecule has 0 N–H and O–H groups in total. The van der Waals surface area contributed by atoms with E-state index < -0.39 is 8.07 Å². The van der Waals surface area contributed by atoms with Crippen LogP contribution < -0.4 is 5.19 Å². The van der Waals surface area contributed by atoms with Gasteiger partial charge in [-0.25, -0.2) is 0 Å². The van der Waals surface area contributed by atoms with Crippen LogP contribution in [0, 0.1) is 0 Å². The van der Waals surface area contributed by atoms with Crippen LogP contribution in [0.1, 0.15) is 25.3 Å². The molecule has 0 radical (unpaired) electrons. The number of fused-ring (bicyclic) bond motifs is 3. The number of aromatic nitrogens is 1. The molecule has 0 bridgehead atoms. The number of nitrogens with zero attached hydrogens (tertiary/aromatic N) is 1. The largest absolute Gasteiger partial charge is 0.256 e. The van der Waals surface area contributed by atoms with E-state index in [0.29, 0.717) is 5.92 Å². The third-order valence-corrected chi connectivity index (χ3v) is 8.30. The molecule has 4 aromatic rings. The molecule has 0 aliphatic carbocycles. The SMILES string of the molecule is CC(C)c1ccc(-c2cccc3c2sc2cccc([Si](C)(C)C)c23)nc1. The van der Waals surface area contributed by atoms with Gasteiger partial charge in [-0.05, 0) is 29.0 Å². The second-order valence-electron chi connectivity index (χ2n) is 8.34. The lowest BCUT2D eigenvalue weighted by Gasteiger charge is -2.18. The number of rotatable bonds is 3. The summed E-state index contributed by atoms with van der Waals surface area (Å²) in [5.74, 6) is 0.510. The van der Waals surface area contributed by atoms with Crippen molar-refractivity contribution in [1.82, 2.24) is 4.98 Å². The van der Waals surface area contributed by atoms with Crippen molar-refractivity contribution in [2.75, 3.05) is 0 Å². The molecule has 4 rings (SSSR count). The van der Waals surface area contributed by atoms with Crippen LogP contribution in [-0.2, 0) is 0 Å². The molecule has 0 spiro atoms. The summed E-state index contributed by atoms with van der Waals surface area (Å²) >= 11 is 1.91. The summed E-state index contributed by atoms with van der Waals surface area (Å²) in [5.41, 5.74) is 3.61. The highest BCUT2D eigenvalue weighted by molar-refractivity contribution is 7.26. The highest BCUT2D eigenvalue weighted by Crippen LogP contribution is 2.39. The van der Waals surface area contributed by atoms with E-state index in [-0.39, 0.29) is 0 Å². The van der Waals surface area contributed by atoms with Gasteiger partial charge in [-0.3, -0.25) is 4.98 Å². The van der Waals surface area contributed by atoms with E-state index in [9.17, 15) is 0 Å². The first kappa shape index (κ1) is 17.4. The van der Waals surface area contributed by atoms with Gasteiger partial charge in [-0.2, -0.15) is 0 Å². The quantitative estimate of drug-likeness (QED) is 0.359. The molecule has 0 unspecified atom stereocenters. The van der Waals surface area contributed by atoms with E-state index in [1.54, 1.807) is 5.19 Å². The maximum absolute atomic E-state index is 4.78. The fourth-order valence-electron chi connectivity index (χ4n) is 3.58. The number of hydrogen-bond acceptors (Lipinski definition) is 2. The maximum Gasteiger partial charge on any atom is 0.0784 e. The third-order valence-electron chi connectivity index (χ3n) is 5.06. The molecule has 0 fully saturated rings. The first-order valence-electron chi connectivity index (χ1n) is 9.27. The van der Waals surface area contributed by atoms with E-state index in [0.717, 1.165) is 5.69 Å². The summed E-state index contributed by atoms with van der Waals surface area (Å²) in [7, 11) is -1.40. The fraction of sp³-hybridized carbons (Fsp3) is 0.261. The Labute approximate surface area is 160 Å². The molecular formula is C23H25NSSi. The molecule has 0 aliphatic heterocycles. The molecule has 132 valence electrons. The lowest BCUT2D eigenvalue weighted by atomic mass is 10.0. The van der Waals surface area contributed by atoms with Crippen LogP contribution in [-0.4, -0.2) is 13.1 Å². The van der Waals surface area contributed by atoms with E-state index in [1.807, 2.05) is 17.5 Å². The van der Waals surface area contributed by atoms with Gasteiger partial charge >= 0.3 is 0 Å². The number of thiophene rings is 1. The van der Waals surface area contributed by atoms with Crippen molar-refractivity contribution in [2.45, 2.75) is 39.4 Å². The van der Waals surface area contributed by atoms with Gasteiger partial charge in [0.2, 0.25) is 0 Å². The molecule has 0 amide bonds. The summed E-state index contributed by atoms with van der Waals surface area (Å²) < 4.78 is 2.75. The zero-order chi connectivity index (χ0) is 18.5. The van der Waals surface area contributed by atoms with Gasteiger partial charge in [0.25, 0.3) is 0 Å². The summed E-state index contributed by atoms with van der Waals surface area (Å²) in [5, 5.41) is 4.41. The fourth-order valence-corrected chi connectivity index (χ4v) is 6.54. The first-order chi connectivity index (χ1) is 12.4. The van der Waals surface area contributed by atoms with Gasteiger partial charge in [-0.15, -0.1) is 11.3 Å². The number of pyridine rings is 1. The Hall–Kier alpha value is -1.97. The van der Waals surface area contributed by atoms with Crippen molar-refractivity contribution in [2.24, 2.45) is 0 Å². The smallest absolute Gasteiger partial charge is 0.0784 e. The molecule has 0 atom stereocenters. The average molecular weight is 376 g/mol. The topological polar surface area (TPSA) is 12.9 Å². The predicted octanol–water partition coefficient (Wildman–Crippen LogP) is 6.79. The van der Waals surface area contributed by atoms with Crippen LogP contribution in [0.5, 0.6) is 0 Å². The van der Waals surface area contributed by atoms with Crippen LogP contribution in [0.2, 0.25) is 19.6 Å². The summed E-state index contributed by atoms with van der Waals surface area (Å²) in [6.07, 6.45) is 2.03. The van der Waals surface area contributed by atoms with E-state index in [4.69, 9.17) is 4.98 Å². The van der Waals surface area contributed by atoms with Crippen LogP contribution in [0.15, 0.2) is 54.7 Å². The number of benzene rings is 2. The first-order valence-corrected chi connectivity index (χ1v) is 13.6. The highest BCUT2D eigenvalue weighted by atomic mass is 32.1. The van der Waals surface area contributed by atoms with Gasteiger partial charge < -0.3 is 0 Å². The van der Waals surface area contributed by atoms with Crippen LogP contribution in [0.3, 0.4) is 0 Å². The molecule has 2 heterocycles. The van der Waals surface area contributed by atoms with E-state index in [1.165, 1.54) is 31.3 Å². The summed E-state index contributed by atoms with van der Waals surface area (Å²) in [6.45, 7) is 11.7. The monoisotopic (exact) mass is 375 g/mol. The molecule has 26 heavy (non-hydrogen) atoms. The van der Waals surface area contributed by atoms with Gasteiger partial charge in [-0.1, -0.05) is 75.1 Å². The van der Waals surface area contributed by atoms with Gasteiger partial charge in [0.1, 0.15) is 0 Å². The maximum atomic E-state index is 4.78. The minimum absolute atomic E-state index is 0.510. The van der Waals surface area contributed by atoms with Gasteiger partial charge in [0.15, 0.2) is 0 Å². The molecule has 0 saturated heterocycles. The Morgan fingerprint density at radius 2 is 1.69 bits per heavy atom. The lowest BCUT2D eigenvalue weighted by molar-refractivity contribution is 0.859. The van der Waals surface area contributed by atoms with Crippen LogP contribution in [0.25, 0.3) is 31.4 Å². The minimum atomic E-state index is -1.40. The Balaban J connectivity index is 1.98. The highest BCUT2D eigenvalue weighted by Gasteiger charge is 2.22. The van der Waals surface area contributed by atoms with E-state index >= 15 is 0 Å². The Morgan fingerprint density at radius 3 is 2.35 bits per heavy atom. The second kappa shape index (κ2) is 6.33.